The molecule has 2 N–H and O–H groups in total. The molecule has 0 saturated carbocycles. The highest BCUT2D eigenvalue weighted by Crippen LogP contribution is 2.30. The molecule has 21 heavy (non-hydrogen) atoms. The molecule has 1 aliphatic rings. The Morgan fingerprint density at radius 1 is 1.48 bits per heavy atom. The van der Waals surface area contributed by atoms with Crippen LogP contribution in [0, 0.1) is 6.92 Å². The van der Waals surface area contributed by atoms with E-state index in [2.05, 4.69) is 27.6 Å². The van der Waals surface area contributed by atoms with Crippen LogP contribution in [-0.2, 0) is 18.4 Å². The zero-order valence-corrected chi connectivity index (χ0v) is 13.6. The first kappa shape index (κ1) is 15.8. The van der Waals surface area contributed by atoms with E-state index in [1.807, 2.05) is 18.7 Å². The molecule has 1 atom stereocenters. The van der Waals surface area contributed by atoms with E-state index in [1.54, 1.807) is 7.05 Å². The molecule has 0 radical (unpaired) electrons. The van der Waals surface area contributed by atoms with Gasteiger partial charge >= 0.3 is 0 Å². The molecule has 0 bridgehead atoms. The van der Waals surface area contributed by atoms with Crippen LogP contribution in [0.1, 0.15) is 37.4 Å². The topological polar surface area (TPSA) is 62.2 Å². The van der Waals surface area contributed by atoms with Crippen LogP contribution in [0.4, 0.5) is 5.82 Å². The molecule has 1 aromatic heterocycles. The second-order valence-electron chi connectivity index (χ2n) is 5.65. The third-order valence-electron chi connectivity index (χ3n) is 4.12. The fourth-order valence-corrected chi connectivity index (χ4v) is 3.11. The molecular formula is C15H27N5O. The second kappa shape index (κ2) is 6.93. The summed E-state index contributed by atoms with van der Waals surface area (Å²) in [6.07, 6.45) is 3.06. The van der Waals surface area contributed by atoms with Gasteiger partial charge in [-0.2, -0.15) is 5.10 Å². The lowest BCUT2D eigenvalue weighted by Gasteiger charge is -2.26. The lowest BCUT2D eigenvalue weighted by Crippen LogP contribution is -2.43. The Hall–Kier alpha value is -1.56. The maximum Gasteiger partial charge on any atom is 0.242 e. The van der Waals surface area contributed by atoms with Crippen molar-refractivity contribution in [1.82, 2.24) is 20.4 Å². The van der Waals surface area contributed by atoms with Crippen LogP contribution in [0.2, 0.25) is 0 Å². The fourth-order valence-electron chi connectivity index (χ4n) is 3.11. The van der Waals surface area contributed by atoms with Gasteiger partial charge in [-0.3, -0.25) is 9.48 Å². The highest BCUT2D eigenvalue weighted by molar-refractivity contribution is 5.85. The van der Waals surface area contributed by atoms with Gasteiger partial charge in [0.25, 0.3) is 0 Å². The van der Waals surface area contributed by atoms with Crippen LogP contribution in [-0.4, -0.2) is 41.9 Å². The van der Waals surface area contributed by atoms with E-state index < -0.39 is 0 Å². The van der Waals surface area contributed by atoms with Gasteiger partial charge in [0.05, 0.1) is 5.69 Å². The van der Waals surface area contributed by atoms with E-state index in [0.29, 0.717) is 0 Å². The standard InChI is InChI=1S/C15H27N5O/c1-5-8-17-10-12-11(2)18-19(4)15(12)20-9-6-7-13(20)14(21)16-3/h13,17H,5-10H2,1-4H3,(H,16,21). The first-order valence-electron chi connectivity index (χ1n) is 7.81. The number of amides is 1. The number of nitrogens with one attached hydrogen (secondary N) is 2. The van der Waals surface area contributed by atoms with Crippen molar-refractivity contribution in [3.8, 4) is 0 Å². The van der Waals surface area contributed by atoms with E-state index in [-0.39, 0.29) is 11.9 Å². The fraction of sp³-hybridized carbons (Fsp3) is 0.733. The van der Waals surface area contributed by atoms with Crippen molar-refractivity contribution >= 4 is 11.7 Å². The zero-order chi connectivity index (χ0) is 15.4. The summed E-state index contributed by atoms with van der Waals surface area (Å²) in [6, 6.07) is -0.0743. The number of likely N-dealkylation sites (N-methyl/N-ethyl adjacent to an activating group) is 1. The molecule has 1 unspecified atom stereocenters. The summed E-state index contributed by atoms with van der Waals surface area (Å²) in [5.41, 5.74) is 2.25. The van der Waals surface area contributed by atoms with Gasteiger partial charge in [0.15, 0.2) is 0 Å². The van der Waals surface area contributed by atoms with E-state index >= 15 is 0 Å². The number of carbonyl (C=O) groups is 1. The highest BCUT2D eigenvalue weighted by Gasteiger charge is 2.33. The van der Waals surface area contributed by atoms with Crippen LogP contribution in [0.5, 0.6) is 0 Å². The summed E-state index contributed by atoms with van der Waals surface area (Å²) in [7, 11) is 3.67. The molecule has 6 nitrogen and oxygen atoms in total. The van der Waals surface area contributed by atoms with E-state index in [9.17, 15) is 4.79 Å². The third-order valence-corrected chi connectivity index (χ3v) is 4.12. The van der Waals surface area contributed by atoms with Gasteiger partial charge in [0, 0.05) is 32.7 Å². The second-order valence-corrected chi connectivity index (χ2v) is 5.65. The van der Waals surface area contributed by atoms with Gasteiger partial charge in [-0.05, 0) is 32.7 Å². The van der Waals surface area contributed by atoms with Crippen molar-refractivity contribution in [2.45, 2.75) is 45.7 Å². The number of hydrogen-bond acceptors (Lipinski definition) is 4. The molecule has 1 aromatic rings. The van der Waals surface area contributed by atoms with Gasteiger partial charge in [-0.15, -0.1) is 0 Å². The summed E-state index contributed by atoms with van der Waals surface area (Å²) in [5, 5.41) is 10.8. The minimum atomic E-state index is -0.0743. The third kappa shape index (κ3) is 3.20. The van der Waals surface area contributed by atoms with Crippen molar-refractivity contribution in [1.29, 1.82) is 0 Å². The molecule has 0 aromatic carbocycles. The molecule has 1 saturated heterocycles. The van der Waals surface area contributed by atoms with E-state index in [1.165, 1.54) is 5.56 Å². The van der Waals surface area contributed by atoms with Crippen LogP contribution in [0.3, 0.4) is 0 Å². The van der Waals surface area contributed by atoms with Crippen molar-refractivity contribution in [3.05, 3.63) is 11.3 Å². The minimum Gasteiger partial charge on any atom is -0.357 e. The average Bonchev–Trinajstić information content (AvgIpc) is 3.03. The molecule has 0 spiro atoms. The summed E-state index contributed by atoms with van der Waals surface area (Å²) in [4.78, 5) is 14.3. The van der Waals surface area contributed by atoms with Gasteiger partial charge in [-0.25, -0.2) is 0 Å². The summed E-state index contributed by atoms with van der Waals surface area (Å²) >= 11 is 0. The van der Waals surface area contributed by atoms with E-state index in [4.69, 9.17) is 0 Å². The SMILES string of the molecule is CCCNCc1c(C)nn(C)c1N1CCCC1C(=O)NC. The van der Waals surface area contributed by atoms with Crippen LogP contribution in [0.25, 0.3) is 0 Å². The Morgan fingerprint density at radius 2 is 2.24 bits per heavy atom. The Morgan fingerprint density at radius 3 is 2.90 bits per heavy atom. The molecule has 1 amide bonds. The number of hydrogen-bond donors (Lipinski definition) is 2. The predicted molar refractivity (Wildman–Crippen MR) is 84.4 cm³/mol. The average molecular weight is 293 g/mol. The number of rotatable bonds is 6. The quantitative estimate of drug-likeness (QED) is 0.766. The maximum atomic E-state index is 12.1. The largest absolute Gasteiger partial charge is 0.357 e. The number of aryl methyl sites for hydroxylation is 2. The van der Waals surface area contributed by atoms with Crippen LogP contribution >= 0.6 is 0 Å². The Kier molecular flexibility index (Phi) is 5.22. The molecule has 118 valence electrons. The van der Waals surface area contributed by atoms with Crippen molar-refractivity contribution < 1.29 is 4.79 Å². The number of anilines is 1. The molecule has 2 rings (SSSR count). The number of nitrogens with zero attached hydrogens (tertiary/aromatic N) is 3. The molecule has 2 heterocycles. The first-order valence-corrected chi connectivity index (χ1v) is 7.81. The van der Waals surface area contributed by atoms with Crippen molar-refractivity contribution in [3.63, 3.8) is 0 Å². The number of aromatic nitrogens is 2. The van der Waals surface area contributed by atoms with Gasteiger partial charge in [0.2, 0.25) is 5.91 Å². The van der Waals surface area contributed by atoms with Crippen molar-refractivity contribution in [2.24, 2.45) is 7.05 Å². The van der Waals surface area contributed by atoms with Gasteiger partial charge in [-0.1, -0.05) is 6.92 Å². The minimum absolute atomic E-state index is 0.0743. The first-order chi connectivity index (χ1) is 10.1. The van der Waals surface area contributed by atoms with Crippen LogP contribution in [0.15, 0.2) is 0 Å². The summed E-state index contributed by atoms with van der Waals surface area (Å²) in [5.74, 6) is 1.18. The molecule has 1 aliphatic heterocycles. The lowest BCUT2D eigenvalue weighted by molar-refractivity contribution is -0.121. The van der Waals surface area contributed by atoms with Gasteiger partial charge < -0.3 is 15.5 Å². The Balaban J connectivity index is 2.27. The monoisotopic (exact) mass is 293 g/mol. The predicted octanol–water partition coefficient (Wildman–Crippen LogP) is 0.943. The molecule has 1 fully saturated rings. The summed E-state index contributed by atoms with van der Waals surface area (Å²) < 4.78 is 1.92. The van der Waals surface area contributed by atoms with Gasteiger partial charge in [0.1, 0.15) is 11.9 Å². The number of carbonyl (C=O) groups excluding carboxylic acids is 1. The Bertz CT molecular complexity index is 496. The lowest BCUT2D eigenvalue weighted by atomic mass is 10.2. The Labute approximate surface area is 126 Å². The zero-order valence-electron chi connectivity index (χ0n) is 13.6. The van der Waals surface area contributed by atoms with E-state index in [0.717, 1.165) is 50.4 Å². The molecule has 6 heteroatoms. The normalized spacial score (nSPS) is 18.3. The molecule has 0 aliphatic carbocycles. The maximum absolute atomic E-state index is 12.1. The highest BCUT2D eigenvalue weighted by atomic mass is 16.2. The molecular weight excluding hydrogens is 266 g/mol. The summed E-state index contributed by atoms with van der Waals surface area (Å²) in [6.45, 7) is 6.91. The van der Waals surface area contributed by atoms with Crippen molar-refractivity contribution in [2.75, 3.05) is 25.0 Å². The van der Waals surface area contributed by atoms with Crippen LogP contribution < -0.4 is 15.5 Å². The smallest absolute Gasteiger partial charge is 0.242 e.